The third-order valence-electron chi connectivity index (χ3n) is 5.12. The topological polar surface area (TPSA) is 85.2 Å². The van der Waals surface area contributed by atoms with E-state index in [9.17, 15) is 26.8 Å². The molecule has 2 aromatic carbocycles. The van der Waals surface area contributed by atoms with Gasteiger partial charge in [-0.15, -0.1) is 0 Å². The summed E-state index contributed by atoms with van der Waals surface area (Å²) >= 11 is 6.20. The van der Waals surface area contributed by atoms with Crippen LogP contribution in [0.2, 0.25) is 5.02 Å². The number of carbonyl (C=O) groups excluding carboxylic acids is 2. The highest BCUT2D eigenvalue weighted by molar-refractivity contribution is 7.89. The Morgan fingerprint density at radius 1 is 1.15 bits per heavy atom. The van der Waals surface area contributed by atoms with Crippen molar-refractivity contribution in [1.82, 2.24) is 9.29 Å². The molecule has 4 rings (SSSR count). The second-order valence-corrected chi connectivity index (χ2v) is 9.74. The quantitative estimate of drug-likeness (QED) is 0.580. The van der Waals surface area contributed by atoms with Gasteiger partial charge in [0, 0.05) is 40.0 Å². The minimum Gasteiger partial charge on any atom is -0.331 e. The van der Waals surface area contributed by atoms with E-state index in [-0.39, 0.29) is 35.6 Å². The number of nitrogens with zero attached hydrogens (tertiary/aromatic N) is 1. The van der Waals surface area contributed by atoms with Gasteiger partial charge in [0.05, 0.1) is 6.26 Å². The van der Waals surface area contributed by atoms with Gasteiger partial charge in [-0.25, -0.2) is 21.9 Å². The number of halogens is 3. The molecule has 1 aliphatic carbocycles. The second-order valence-electron chi connectivity index (χ2n) is 7.56. The Hall–Kier alpha value is -3.30. The van der Waals surface area contributed by atoms with Crippen molar-refractivity contribution < 1.29 is 26.8 Å². The summed E-state index contributed by atoms with van der Waals surface area (Å²) in [7, 11) is -3.95. The highest BCUT2D eigenvalue weighted by Crippen LogP contribution is 2.36. The van der Waals surface area contributed by atoms with Crippen LogP contribution in [-0.4, -0.2) is 30.9 Å². The van der Waals surface area contributed by atoms with Crippen LogP contribution in [0.4, 0.5) is 8.78 Å². The summed E-state index contributed by atoms with van der Waals surface area (Å²) in [6, 6.07) is 8.06. The lowest BCUT2D eigenvalue weighted by Gasteiger charge is -2.14. The van der Waals surface area contributed by atoms with E-state index in [4.69, 9.17) is 11.6 Å². The average Bonchev–Trinajstić information content (AvgIpc) is 3.03. The Bertz CT molecular complexity index is 1490. The van der Waals surface area contributed by atoms with Gasteiger partial charge < -0.3 is 4.57 Å². The van der Waals surface area contributed by atoms with Crippen molar-refractivity contribution in [3.63, 3.8) is 0 Å². The molecule has 1 aliphatic rings. The van der Waals surface area contributed by atoms with Crippen molar-refractivity contribution in [3.8, 4) is 0 Å². The van der Waals surface area contributed by atoms with E-state index in [2.05, 4.69) is 0 Å². The van der Waals surface area contributed by atoms with Crippen LogP contribution in [-0.2, 0) is 21.4 Å². The van der Waals surface area contributed by atoms with Gasteiger partial charge in [0.25, 0.3) is 5.91 Å². The van der Waals surface area contributed by atoms with E-state index in [0.29, 0.717) is 21.5 Å². The summed E-state index contributed by atoms with van der Waals surface area (Å²) in [6.45, 7) is -0.0981. The van der Waals surface area contributed by atoms with E-state index in [1.165, 1.54) is 10.6 Å². The zero-order valence-corrected chi connectivity index (χ0v) is 18.8. The number of hydrogen-bond acceptors (Lipinski definition) is 4. The van der Waals surface area contributed by atoms with Gasteiger partial charge in [0.2, 0.25) is 10.0 Å². The molecule has 0 radical (unpaired) electrons. The number of rotatable bonds is 5. The standard InChI is InChI=1S/C23H17ClF2N2O4S/c1-33(31,32)27-23(30)22-21(15-4-2-3-5-20(15)29)16-11-14(24)7-9-19(16)28(22)12-13-6-8-17(25)18(26)10-13/h2-4,6-11H,5,12H2,1H3,(H,27,30). The first kappa shape index (κ1) is 22.9. The lowest BCUT2D eigenvalue weighted by Crippen LogP contribution is -2.32. The van der Waals surface area contributed by atoms with Gasteiger partial charge in [0.1, 0.15) is 5.69 Å². The summed E-state index contributed by atoms with van der Waals surface area (Å²) < 4.78 is 54.4. The fourth-order valence-electron chi connectivity index (χ4n) is 3.80. The highest BCUT2D eigenvalue weighted by atomic mass is 35.5. The predicted molar refractivity (Wildman–Crippen MR) is 121 cm³/mol. The molecule has 1 amide bonds. The highest BCUT2D eigenvalue weighted by Gasteiger charge is 2.29. The van der Waals surface area contributed by atoms with Gasteiger partial charge in [-0.1, -0.05) is 35.9 Å². The van der Waals surface area contributed by atoms with Crippen LogP contribution in [0.1, 0.15) is 28.0 Å². The third kappa shape index (κ3) is 4.60. The van der Waals surface area contributed by atoms with Gasteiger partial charge >= 0.3 is 0 Å². The van der Waals surface area contributed by atoms with E-state index < -0.39 is 27.6 Å². The summed E-state index contributed by atoms with van der Waals surface area (Å²) in [6.07, 6.45) is 5.81. The van der Waals surface area contributed by atoms with Crippen molar-refractivity contribution in [2.45, 2.75) is 13.0 Å². The van der Waals surface area contributed by atoms with Crippen LogP contribution in [0.25, 0.3) is 16.5 Å². The lowest BCUT2D eigenvalue weighted by molar-refractivity contribution is -0.113. The Kier molecular flexibility index (Phi) is 5.94. The molecule has 0 spiro atoms. The van der Waals surface area contributed by atoms with Gasteiger partial charge in [-0.3, -0.25) is 9.59 Å². The maximum atomic E-state index is 13.9. The Labute approximate surface area is 193 Å². The average molecular weight is 491 g/mol. The molecule has 170 valence electrons. The fraction of sp³-hybridized carbons (Fsp3) is 0.130. The number of Topliss-reactive ketones (excluding diaryl/α,β-unsaturated/α-hetero) is 1. The molecule has 0 atom stereocenters. The smallest absolute Gasteiger partial charge is 0.282 e. The van der Waals surface area contributed by atoms with Crippen LogP contribution in [0.5, 0.6) is 0 Å². The summed E-state index contributed by atoms with van der Waals surface area (Å²) in [5.74, 6) is -3.32. The van der Waals surface area contributed by atoms with Crippen LogP contribution < -0.4 is 4.72 Å². The predicted octanol–water partition coefficient (Wildman–Crippen LogP) is 4.22. The number of hydrogen-bond donors (Lipinski definition) is 1. The van der Waals surface area contributed by atoms with Crippen molar-refractivity contribution in [1.29, 1.82) is 0 Å². The minimum atomic E-state index is -3.95. The van der Waals surface area contributed by atoms with Gasteiger partial charge in [0.15, 0.2) is 17.4 Å². The Balaban J connectivity index is 2.04. The number of fused-ring (bicyclic) bond motifs is 1. The van der Waals surface area contributed by atoms with Crippen molar-refractivity contribution in [3.05, 3.63) is 88.1 Å². The molecule has 1 aromatic heterocycles. The number of carbonyl (C=O) groups is 2. The number of allylic oxidation sites excluding steroid dienone is 4. The molecule has 6 nitrogen and oxygen atoms in total. The number of benzene rings is 2. The number of sulfonamides is 1. The minimum absolute atomic E-state index is 0.0981. The molecule has 0 fully saturated rings. The van der Waals surface area contributed by atoms with Crippen molar-refractivity contribution >= 4 is 49.8 Å². The van der Waals surface area contributed by atoms with Crippen LogP contribution in [0, 0.1) is 11.6 Å². The Morgan fingerprint density at radius 3 is 2.58 bits per heavy atom. The van der Waals surface area contributed by atoms with E-state index in [0.717, 1.165) is 18.4 Å². The molecule has 1 N–H and O–H groups in total. The first-order valence-electron chi connectivity index (χ1n) is 9.73. The van der Waals surface area contributed by atoms with E-state index >= 15 is 0 Å². The van der Waals surface area contributed by atoms with Gasteiger partial charge in [-0.05, 0) is 35.9 Å². The zero-order chi connectivity index (χ0) is 23.9. The fourth-order valence-corrected chi connectivity index (χ4v) is 4.41. The van der Waals surface area contributed by atoms with Crippen molar-refractivity contribution in [2.75, 3.05) is 6.26 Å². The number of amides is 1. The largest absolute Gasteiger partial charge is 0.331 e. The summed E-state index contributed by atoms with van der Waals surface area (Å²) in [5.41, 5.74) is 1.10. The number of nitrogens with one attached hydrogen (secondary N) is 1. The summed E-state index contributed by atoms with van der Waals surface area (Å²) in [4.78, 5) is 25.9. The molecule has 0 saturated heterocycles. The van der Waals surface area contributed by atoms with Crippen LogP contribution in [0.3, 0.4) is 0 Å². The molecule has 0 aliphatic heterocycles. The molecule has 3 aromatic rings. The molecular formula is C23H17ClF2N2O4S. The van der Waals surface area contributed by atoms with Crippen molar-refractivity contribution in [2.24, 2.45) is 0 Å². The maximum Gasteiger partial charge on any atom is 0.282 e. The zero-order valence-electron chi connectivity index (χ0n) is 17.2. The maximum absolute atomic E-state index is 13.9. The third-order valence-corrected chi connectivity index (χ3v) is 5.91. The number of ketones is 1. The first-order chi connectivity index (χ1) is 15.5. The normalized spacial score (nSPS) is 13.9. The SMILES string of the molecule is CS(=O)(=O)NC(=O)c1c(C2=CC=CCC2=O)c2cc(Cl)ccc2n1Cc1ccc(F)c(F)c1. The van der Waals surface area contributed by atoms with E-state index in [1.807, 2.05) is 4.72 Å². The molecule has 0 unspecified atom stereocenters. The van der Waals surface area contributed by atoms with E-state index in [1.54, 1.807) is 36.4 Å². The molecule has 0 saturated carbocycles. The Morgan fingerprint density at radius 2 is 1.91 bits per heavy atom. The molecule has 10 heteroatoms. The lowest BCUT2D eigenvalue weighted by atomic mass is 9.93. The summed E-state index contributed by atoms with van der Waals surface area (Å²) in [5, 5.41) is 0.779. The molecule has 33 heavy (non-hydrogen) atoms. The molecule has 1 heterocycles. The molecule has 0 bridgehead atoms. The van der Waals surface area contributed by atoms with Crippen LogP contribution in [0.15, 0.2) is 54.6 Å². The monoisotopic (exact) mass is 490 g/mol. The van der Waals surface area contributed by atoms with Gasteiger partial charge in [-0.2, -0.15) is 0 Å². The van der Waals surface area contributed by atoms with Crippen LogP contribution >= 0.6 is 11.6 Å². The molecular weight excluding hydrogens is 474 g/mol. The first-order valence-corrected chi connectivity index (χ1v) is 12.0. The second kappa shape index (κ2) is 8.57. The number of aromatic nitrogens is 1.